The fraction of sp³-hybridized carbons (Fsp3) is 0.625. The van der Waals surface area contributed by atoms with Crippen LogP contribution in [0.3, 0.4) is 0 Å². The van der Waals surface area contributed by atoms with E-state index in [0.29, 0.717) is 12.1 Å². The summed E-state index contributed by atoms with van der Waals surface area (Å²) in [5.41, 5.74) is 2.68. The SMILES string of the molecule is CCc1ccc(COC2CCCCC2NC)cc1. The molecule has 2 rings (SSSR count). The van der Waals surface area contributed by atoms with Crippen molar-refractivity contribution in [1.82, 2.24) is 5.32 Å². The van der Waals surface area contributed by atoms with Crippen molar-refractivity contribution in [3.05, 3.63) is 35.4 Å². The van der Waals surface area contributed by atoms with Crippen LogP contribution in [0.4, 0.5) is 0 Å². The van der Waals surface area contributed by atoms with E-state index in [2.05, 4.69) is 36.5 Å². The second-order valence-corrected chi connectivity index (χ2v) is 5.20. The highest BCUT2D eigenvalue weighted by Crippen LogP contribution is 2.22. The van der Waals surface area contributed by atoms with Gasteiger partial charge in [0.05, 0.1) is 12.7 Å². The predicted molar refractivity (Wildman–Crippen MR) is 75.7 cm³/mol. The second-order valence-electron chi connectivity index (χ2n) is 5.20. The Morgan fingerprint density at radius 2 is 1.78 bits per heavy atom. The Hall–Kier alpha value is -0.860. The molecule has 1 aromatic rings. The number of hydrogen-bond donors (Lipinski definition) is 1. The molecule has 0 saturated heterocycles. The maximum atomic E-state index is 6.08. The number of benzene rings is 1. The normalized spacial score (nSPS) is 24.1. The van der Waals surface area contributed by atoms with Crippen LogP contribution in [0, 0.1) is 0 Å². The fourth-order valence-corrected chi connectivity index (χ4v) is 2.70. The van der Waals surface area contributed by atoms with Gasteiger partial charge in [0, 0.05) is 6.04 Å². The van der Waals surface area contributed by atoms with Gasteiger partial charge in [0.25, 0.3) is 0 Å². The summed E-state index contributed by atoms with van der Waals surface area (Å²) < 4.78 is 6.08. The second kappa shape index (κ2) is 6.91. The molecule has 100 valence electrons. The first-order valence-electron chi connectivity index (χ1n) is 7.20. The van der Waals surface area contributed by atoms with E-state index in [0.717, 1.165) is 13.0 Å². The minimum atomic E-state index is 0.384. The van der Waals surface area contributed by atoms with Crippen molar-refractivity contribution >= 4 is 0 Å². The lowest BCUT2D eigenvalue weighted by Gasteiger charge is -2.31. The van der Waals surface area contributed by atoms with Crippen molar-refractivity contribution in [1.29, 1.82) is 0 Å². The summed E-state index contributed by atoms with van der Waals surface area (Å²) >= 11 is 0. The molecule has 0 bridgehead atoms. The topological polar surface area (TPSA) is 21.3 Å². The predicted octanol–water partition coefficient (Wildman–Crippen LogP) is 3.30. The highest BCUT2D eigenvalue weighted by molar-refractivity contribution is 5.21. The number of rotatable bonds is 5. The summed E-state index contributed by atoms with van der Waals surface area (Å²) in [6.45, 7) is 2.93. The summed E-state index contributed by atoms with van der Waals surface area (Å²) in [5, 5.41) is 3.38. The summed E-state index contributed by atoms with van der Waals surface area (Å²) in [4.78, 5) is 0. The molecule has 1 N–H and O–H groups in total. The van der Waals surface area contributed by atoms with Gasteiger partial charge in [-0.05, 0) is 37.4 Å². The van der Waals surface area contributed by atoms with Crippen LogP contribution in [-0.4, -0.2) is 19.2 Å². The van der Waals surface area contributed by atoms with Gasteiger partial charge in [-0.1, -0.05) is 44.0 Å². The minimum absolute atomic E-state index is 0.384. The third-order valence-electron chi connectivity index (χ3n) is 3.97. The molecule has 0 aliphatic heterocycles. The zero-order chi connectivity index (χ0) is 12.8. The fourth-order valence-electron chi connectivity index (χ4n) is 2.70. The van der Waals surface area contributed by atoms with Crippen molar-refractivity contribution in [2.24, 2.45) is 0 Å². The van der Waals surface area contributed by atoms with Crippen LogP contribution in [-0.2, 0) is 17.8 Å². The van der Waals surface area contributed by atoms with Gasteiger partial charge in [0.15, 0.2) is 0 Å². The zero-order valence-corrected chi connectivity index (χ0v) is 11.6. The van der Waals surface area contributed by atoms with Crippen LogP contribution in [0.2, 0.25) is 0 Å². The van der Waals surface area contributed by atoms with E-state index in [1.54, 1.807) is 0 Å². The Kier molecular flexibility index (Phi) is 5.21. The molecular weight excluding hydrogens is 222 g/mol. The van der Waals surface area contributed by atoms with Crippen LogP contribution in [0.15, 0.2) is 24.3 Å². The van der Waals surface area contributed by atoms with E-state index in [1.807, 2.05) is 7.05 Å². The van der Waals surface area contributed by atoms with Crippen molar-refractivity contribution in [2.45, 2.75) is 57.8 Å². The van der Waals surface area contributed by atoms with E-state index in [4.69, 9.17) is 4.74 Å². The lowest BCUT2D eigenvalue weighted by molar-refractivity contribution is -0.00361. The lowest BCUT2D eigenvalue weighted by Crippen LogP contribution is -2.41. The maximum Gasteiger partial charge on any atom is 0.0732 e. The minimum Gasteiger partial charge on any atom is -0.372 e. The van der Waals surface area contributed by atoms with Gasteiger partial charge in [-0.3, -0.25) is 0 Å². The summed E-state index contributed by atoms with van der Waals surface area (Å²) in [5.74, 6) is 0. The van der Waals surface area contributed by atoms with Gasteiger partial charge in [-0.2, -0.15) is 0 Å². The number of ether oxygens (including phenoxy) is 1. The standard InChI is InChI=1S/C16H25NO/c1-3-13-8-10-14(11-9-13)12-18-16-7-5-4-6-15(16)17-2/h8-11,15-17H,3-7,12H2,1-2H3. The Labute approximate surface area is 111 Å². The molecule has 1 saturated carbocycles. The van der Waals surface area contributed by atoms with Gasteiger partial charge >= 0.3 is 0 Å². The first-order chi connectivity index (χ1) is 8.83. The summed E-state index contributed by atoms with van der Waals surface area (Å²) in [7, 11) is 2.04. The quantitative estimate of drug-likeness (QED) is 0.862. The molecular formula is C16H25NO. The molecule has 18 heavy (non-hydrogen) atoms. The Morgan fingerprint density at radius 3 is 2.44 bits per heavy atom. The number of aryl methyl sites for hydroxylation is 1. The van der Waals surface area contributed by atoms with E-state index in [-0.39, 0.29) is 0 Å². The van der Waals surface area contributed by atoms with E-state index in [1.165, 1.54) is 36.8 Å². The third-order valence-corrected chi connectivity index (χ3v) is 3.97. The van der Waals surface area contributed by atoms with Crippen LogP contribution in [0.25, 0.3) is 0 Å². The highest BCUT2D eigenvalue weighted by atomic mass is 16.5. The molecule has 1 fully saturated rings. The number of nitrogens with one attached hydrogen (secondary N) is 1. The highest BCUT2D eigenvalue weighted by Gasteiger charge is 2.24. The van der Waals surface area contributed by atoms with E-state index in [9.17, 15) is 0 Å². The largest absolute Gasteiger partial charge is 0.372 e. The van der Waals surface area contributed by atoms with Gasteiger partial charge in [0.2, 0.25) is 0 Å². The van der Waals surface area contributed by atoms with Crippen LogP contribution >= 0.6 is 0 Å². The summed E-state index contributed by atoms with van der Waals surface area (Å²) in [6.07, 6.45) is 6.56. The van der Waals surface area contributed by atoms with Gasteiger partial charge in [-0.25, -0.2) is 0 Å². The van der Waals surface area contributed by atoms with Crippen LogP contribution in [0.1, 0.15) is 43.7 Å². The molecule has 2 unspecified atom stereocenters. The van der Waals surface area contributed by atoms with Crippen LogP contribution in [0.5, 0.6) is 0 Å². The third kappa shape index (κ3) is 3.56. The summed E-state index contributed by atoms with van der Waals surface area (Å²) in [6, 6.07) is 9.32. The molecule has 1 aliphatic carbocycles. The van der Waals surface area contributed by atoms with Crippen molar-refractivity contribution in [3.63, 3.8) is 0 Å². The van der Waals surface area contributed by atoms with Gasteiger partial charge in [-0.15, -0.1) is 0 Å². The molecule has 2 heteroatoms. The Morgan fingerprint density at radius 1 is 1.11 bits per heavy atom. The van der Waals surface area contributed by atoms with Crippen molar-refractivity contribution in [3.8, 4) is 0 Å². The van der Waals surface area contributed by atoms with Gasteiger partial charge < -0.3 is 10.1 Å². The smallest absolute Gasteiger partial charge is 0.0732 e. The maximum absolute atomic E-state index is 6.08. The lowest BCUT2D eigenvalue weighted by atomic mass is 9.92. The Balaban J connectivity index is 1.85. The zero-order valence-electron chi connectivity index (χ0n) is 11.6. The van der Waals surface area contributed by atoms with Crippen molar-refractivity contribution in [2.75, 3.05) is 7.05 Å². The number of likely N-dealkylation sites (N-methyl/N-ethyl adjacent to an activating group) is 1. The van der Waals surface area contributed by atoms with Crippen LogP contribution < -0.4 is 5.32 Å². The molecule has 0 amide bonds. The van der Waals surface area contributed by atoms with Crippen molar-refractivity contribution < 1.29 is 4.74 Å². The molecule has 0 radical (unpaired) electrons. The molecule has 2 nitrogen and oxygen atoms in total. The Bertz CT molecular complexity index is 347. The number of hydrogen-bond acceptors (Lipinski definition) is 2. The molecule has 0 aromatic heterocycles. The van der Waals surface area contributed by atoms with E-state index >= 15 is 0 Å². The monoisotopic (exact) mass is 247 g/mol. The van der Waals surface area contributed by atoms with E-state index < -0.39 is 0 Å². The first-order valence-corrected chi connectivity index (χ1v) is 7.20. The molecule has 2 atom stereocenters. The first kappa shape index (κ1) is 13.6. The van der Waals surface area contributed by atoms with Gasteiger partial charge in [0.1, 0.15) is 0 Å². The average Bonchev–Trinajstić information content (AvgIpc) is 2.46. The molecule has 0 spiro atoms. The molecule has 0 heterocycles. The average molecular weight is 247 g/mol. The molecule has 1 aromatic carbocycles. The molecule has 1 aliphatic rings.